The molecule has 1 atom stereocenters. The van der Waals surface area contributed by atoms with Gasteiger partial charge >= 0.3 is 12.1 Å². The first kappa shape index (κ1) is 36.1. The fourth-order valence-electron chi connectivity index (χ4n) is 8.25. The molecule has 2 aromatic rings. The monoisotopic (exact) mass is 706 g/mol. The van der Waals surface area contributed by atoms with E-state index in [1.807, 2.05) is 41.3 Å². The Labute approximate surface area is 296 Å². The van der Waals surface area contributed by atoms with Crippen molar-refractivity contribution in [2.24, 2.45) is 17.0 Å². The molecule has 0 saturated carbocycles. The minimum Gasteiger partial charge on any atom is -0.509 e. The summed E-state index contributed by atoms with van der Waals surface area (Å²) in [6.45, 7) is 3.33. The zero-order valence-electron chi connectivity index (χ0n) is 29.1. The van der Waals surface area contributed by atoms with E-state index in [-0.39, 0.29) is 30.2 Å². The lowest BCUT2D eigenvalue weighted by atomic mass is 9.79. The Morgan fingerprint density at radius 3 is 2.10 bits per heavy atom. The summed E-state index contributed by atoms with van der Waals surface area (Å²) < 4.78 is 30.9. The molecule has 0 unspecified atom stereocenters. The van der Waals surface area contributed by atoms with E-state index in [0.717, 1.165) is 48.9 Å². The first-order chi connectivity index (χ1) is 23.9. The lowest BCUT2D eigenvalue weighted by molar-refractivity contribution is -0.142. The topological polar surface area (TPSA) is 166 Å². The number of phenols is 1. The second kappa shape index (κ2) is 15.2. The van der Waals surface area contributed by atoms with Gasteiger partial charge in [0.05, 0.1) is 0 Å². The number of para-hydroxylation sites is 1. The molecule has 4 amide bonds. The molecule has 16 heteroatoms. The number of phenolic OH excluding ortho intramolecular Hbond substituents is 1. The van der Waals surface area contributed by atoms with Gasteiger partial charge in [0.15, 0.2) is 6.10 Å². The van der Waals surface area contributed by atoms with Crippen LogP contribution in [0.25, 0.3) is 0 Å². The van der Waals surface area contributed by atoms with E-state index in [2.05, 4.69) is 5.32 Å². The molecular weight excluding hydrogens is 658 g/mol. The third-order valence-electron chi connectivity index (χ3n) is 11.2. The van der Waals surface area contributed by atoms with Gasteiger partial charge in [-0.2, -0.15) is 12.7 Å². The molecule has 268 valence electrons. The number of hydrogen-bond acceptors (Lipinski definition) is 7. The van der Waals surface area contributed by atoms with Crippen LogP contribution in [0.3, 0.4) is 0 Å². The second-order valence-corrected chi connectivity index (χ2v) is 15.9. The highest BCUT2D eigenvalue weighted by atomic mass is 32.2. The van der Waals surface area contributed by atoms with Gasteiger partial charge in [0, 0.05) is 64.0 Å². The van der Waals surface area contributed by atoms with Crippen molar-refractivity contribution < 1.29 is 32.6 Å². The maximum Gasteiger partial charge on any atom is 0.410 e. The molecule has 4 aliphatic heterocycles. The summed E-state index contributed by atoms with van der Waals surface area (Å²) in [7, 11) is -0.0674. The average Bonchev–Trinajstić information content (AvgIpc) is 3.27. The molecule has 3 fully saturated rings. The Hall–Kier alpha value is -3.75. The number of piperidine rings is 3. The summed E-state index contributed by atoms with van der Waals surface area (Å²) in [6.07, 6.45) is 3.68. The normalized spacial score (nSPS) is 20.9. The van der Waals surface area contributed by atoms with E-state index >= 15 is 0 Å². The zero-order valence-corrected chi connectivity index (χ0v) is 29.9. The van der Waals surface area contributed by atoms with E-state index in [4.69, 9.17) is 9.88 Å². The SMILES string of the molecule is Bc1cc(C[C@@H](OC(=O)N2CCC(N3CCc4ccccc4NC3=O)CC2)C(=O)N2CCC(C3CCN(S(N)(=O)=O)CC3)CC2)cc(B)c1O. The summed E-state index contributed by atoms with van der Waals surface area (Å²) in [5.74, 6) is 0.725. The van der Waals surface area contributed by atoms with Crippen molar-refractivity contribution in [2.75, 3.05) is 51.1 Å². The second-order valence-electron chi connectivity index (χ2n) is 14.3. The van der Waals surface area contributed by atoms with Crippen molar-refractivity contribution in [1.29, 1.82) is 0 Å². The highest BCUT2D eigenvalue weighted by Crippen LogP contribution is 2.33. The molecule has 0 aromatic heterocycles. The van der Waals surface area contributed by atoms with Crippen molar-refractivity contribution in [3.8, 4) is 5.75 Å². The molecule has 6 rings (SSSR count). The van der Waals surface area contributed by atoms with Crippen LogP contribution in [0.1, 0.15) is 49.7 Å². The molecule has 2 aromatic carbocycles. The number of nitrogens with zero attached hydrogens (tertiary/aromatic N) is 4. The van der Waals surface area contributed by atoms with Crippen LogP contribution in [0.2, 0.25) is 0 Å². The van der Waals surface area contributed by atoms with E-state index < -0.39 is 22.4 Å². The maximum absolute atomic E-state index is 14.1. The molecule has 0 bridgehead atoms. The summed E-state index contributed by atoms with van der Waals surface area (Å²) in [5.41, 5.74) is 4.12. The highest BCUT2D eigenvalue weighted by Gasteiger charge is 2.37. The summed E-state index contributed by atoms with van der Waals surface area (Å²) >= 11 is 0. The number of ether oxygens (including phenoxy) is 1. The maximum atomic E-state index is 14.1. The van der Waals surface area contributed by atoms with E-state index in [1.165, 1.54) is 4.31 Å². The number of aromatic hydroxyl groups is 1. The molecule has 0 aliphatic carbocycles. The molecule has 0 spiro atoms. The number of amides is 4. The Kier molecular flexibility index (Phi) is 11.0. The van der Waals surface area contributed by atoms with Gasteiger partial charge in [0.25, 0.3) is 16.1 Å². The largest absolute Gasteiger partial charge is 0.509 e. The lowest BCUT2D eigenvalue weighted by Gasteiger charge is -2.40. The molecule has 13 nitrogen and oxygen atoms in total. The quantitative estimate of drug-likeness (QED) is 0.332. The summed E-state index contributed by atoms with van der Waals surface area (Å²) in [5, 5.41) is 18.7. The number of urea groups is 1. The average molecular weight is 706 g/mol. The first-order valence-corrected chi connectivity index (χ1v) is 19.3. The Morgan fingerprint density at radius 2 is 1.48 bits per heavy atom. The number of nitrogens with two attached hydrogens (primary N) is 1. The summed E-state index contributed by atoms with van der Waals surface area (Å²) in [4.78, 5) is 46.1. The number of hydrogen-bond donors (Lipinski definition) is 3. The number of likely N-dealkylation sites (tertiary alicyclic amines) is 2. The number of fused-ring (bicyclic) bond motifs is 1. The smallest absolute Gasteiger partial charge is 0.410 e. The van der Waals surface area contributed by atoms with Crippen molar-refractivity contribution in [1.82, 2.24) is 19.0 Å². The molecule has 3 saturated heterocycles. The van der Waals surface area contributed by atoms with Crippen LogP contribution in [0.4, 0.5) is 15.3 Å². The van der Waals surface area contributed by atoms with Gasteiger partial charge in [-0.25, -0.2) is 14.7 Å². The molecule has 50 heavy (non-hydrogen) atoms. The number of rotatable bonds is 7. The number of benzene rings is 2. The van der Waals surface area contributed by atoms with Gasteiger partial charge in [0.2, 0.25) is 0 Å². The number of nitrogens with one attached hydrogen (secondary N) is 1. The zero-order chi connectivity index (χ0) is 35.6. The molecule has 4 N–H and O–H groups in total. The summed E-state index contributed by atoms with van der Waals surface area (Å²) in [6, 6.07) is 11.3. The predicted molar refractivity (Wildman–Crippen MR) is 196 cm³/mol. The van der Waals surface area contributed by atoms with E-state index in [1.54, 1.807) is 25.5 Å². The van der Waals surface area contributed by atoms with Crippen molar-refractivity contribution in [3.63, 3.8) is 0 Å². The molecule has 4 heterocycles. The van der Waals surface area contributed by atoms with Crippen LogP contribution < -0.4 is 21.4 Å². The van der Waals surface area contributed by atoms with Crippen LogP contribution in [0.5, 0.6) is 5.75 Å². The van der Waals surface area contributed by atoms with Gasteiger partial charge in [-0.3, -0.25) is 4.79 Å². The highest BCUT2D eigenvalue weighted by molar-refractivity contribution is 7.86. The molecule has 0 radical (unpaired) electrons. The van der Waals surface area contributed by atoms with Crippen molar-refractivity contribution in [2.45, 2.75) is 63.5 Å². The van der Waals surface area contributed by atoms with Gasteiger partial charge in [-0.1, -0.05) is 30.3 Å². The van der Waals surface area contributed by atoms with Gasteiger partial charge in [-0.05, 0) is 84.9 Å². The number of anilines is 1. The molecular formula is C34H48B2N6O7S. The standard InChI is InChI=1S/C34H48B2N6O7S/c35-27-19-22(20-28(36)31(27)43)21-30(32(44)39-12-5-23(6-13-39)24-7-16-41(17-8-24)50(37,47)48)49-34(46)40-14-10-26(11-15-40)42-18-9-25-3-1-2-4-29(25)38-33(42)45/h1-4,19-20,23-24,26,30,43H,5-18,21,35-36H2,(H,38,45)(H2,37,47,48)/t30-/m1/s1. The Morgan fingerprint density at radius 1 is 0.900 bits per heavy atom. The Balaban J connectivity index is 1.07. The van der Waals surface area contributed by atoms with Crippen LogP contribution in [-0.4, -0.2) is 124 Å². The number of carbonyl (C=O) groups excluding carboxylic acids is 3. The van der Waals surface area contributed by atoms with Crippen LogP contribution in [0, 0.1) is 11.8 Å². The van der Waals surface area contributed by atoms with Crippen molar-refractivity contribution in [3.05, 3.63) is 47.5 Å². The fraction of sp³-hybridized carbons (Fsp3) is 0.559. The third kappa shape index (κ3) is 8.24. The first-order valence-electron chi connectivity index (χ1n) is 17.8. The fourth-order valence-corrected chi connectivity index (χ4v) is 8.97. The molecule has 4 aliphatic rings. The van der Waals surface area contributed by atoms with Gasteiger partial charge < -0.3 is 29.9 Å². The van der Waals surface area contributed by atoms with Gasteiger partial charge in [-0.15, -0.1) is 0 Å². The minimum absolute atomic E-state index is 0.0121. The third-order valence-corrected chi connectivity index (χ3v) is 12.3. The Bertz CT molecular complexity index is 1670. The lowest BCUT2D eigenvalue weighted by Crippen LogP contribution is -2.52. The van der Waals surface area contributed by atoms with Gasteiger partial charge in [0.1, 0.15) is 21.4 Å². The van der Waals surface area contributed by atoms with Crippen LogP contribution >= 0.6 is 0 Å². The van der Waals surface area contributed by atoms with E-state index in [9.17, 15) is 27.9 Å². The van der Waals surface area contributed by atoms with Crippen LogP contribution in [-0.2, 0) is 32.6 Å². The predicted octanol–water partition coefficient (Wildman–Crippen LogP) is -0.335. The minimum atomic E-state index is -3.68. The van der Waals surface area contributed by atoms with Crippen molar-refractivity contribution >= 4 is 60.5 Å². The van der Waals surface area contributed by atoms with Crippen LogP contribution in [0.15, 0.2) is 36.4 Å². The number of carbonyl (C=O) groups is 3. The van der Waals surface area contributed by atoms with E-state index in [0.29, 0.717) is 81.4 Å².